The Balaban J connectivity index is 0.000000175. The number of carboxylic acid groups (broad SMARTS) is 1. The van der Waals surface area contributed by atoms with E-state index in [1.807, 2.05) is 19.1 Å². The third-order valence-electron chi connectivity index (χ3n) is 19.0. The average molecular weight is 739 g/mol. The number of aromatic hydroxyl groups is 1. The van der Waals surface area contributed by atoms with Crippen LogP contribution in [-0.4, -0.2) is 39.0 Å². The van der Waals surface area contributed by atoms with E-state index in [1.54, 1.807) is 6.07 Å². The number of carboxylic acids is 1. The van der Waals surface area contributed by atoms with Gasteiger partial charge in [-0.2, -0.15) is 0 Å². The van der Waals surface area contributed by atoms with Crippen LogP contribution in [0.1, 0.15) is 156 Å². The molecular formula is C48H66O6. The highest BCUT2D eigenvalue weighted by Gasteiger charge is 2.70. The third-order valence-corrected chi connectivity index (χ3v) is 19.0. The number of aliphatic hydroxyl groups excluding tert-OH is 1. The van der Waals surface area contributed by atoms with Gasteiger partial charge in [-0.3, -0.25) is 14.4 Å². The molecule has 1 aromatic carbocycles. The van der Waals surface area contributed by atoms with Crippen LogP contribution in [0.2, 0.25) is 0 Å². The number of hydrogen-bond donors (Lipinski definition) is 3. The van der Waals surface area contributed by atoms with Gasteiger partial charge in [0.05, 0.1) is 11.5 Å². The molecule has 294 valence electrons. The number of ketones is 2. The maximum Gasteiger partial charge on any atom is 0.309 e. The molecule has 54 heavy (non-hydrogen) atoms. The molecule has 1 aromatic rings. The lowest BCUT2D eigenvalue weighted by molar-refractivity contribution is -0.202. The molecule has 9 rings (SSSR count). The molecular weight excluding hydrogens is 673 g/mol. The Hall–Kier alpha value is -2.73. The van der Waals surface area contributed by atoms with Gasteiger partial charge in [-0.15, -0.1) is 0 Å². The normalized spacial score (nSPS) is 47.1. The molecule has 6 nitrogen and oxygen atoms in total. The Labute approximate surface area is 323 Å². The second-order valence-electron chi connectivity index (χ2n) is 21.7. The van der Waals surface area contributed by atoms with Gasteiger partial charge in [0, 0.05) is 23.7 Å². The first-order chi connectivity index (χ1) is 25.1. The minimum absolute atomic E-state index is 0.0296. The van der Waals surface area contributed by atoms with Gasteiger partial charge in [0.1, 0.15) is 11.5 Å². The first-order valence-corrected chi connectivity index (χ1v) is 21.4. The fraction of sp³-hybridized carbons (Fsp3) is 0.729. The standard InChI is InChI=1S/C30H46O4.C18H20O2/c1-25(2)21-8-11-30(7)23(28(21,5)10-9-22(25)32)20(31)16-18-19-17-27(4,24(33)34)13-12-26(19,3)14-15-29(18,30)6;1-18-9-8-14-13-5-3-12(19)10-11(13)2-4-15(14)16(18)6-7-17(18)20/h16,19,21-23,32H,8-15,17H2,1-7H3,(H,33,34);3-5,10,14,16,19H,2,6-9H2,1H3. The van der Waals surface area contributed by atoms with Crippen molar-refractivity contribution < 1.29 is 29.7 Å². The predicted molar refractivity (Wildman–Crippen MR) is 211 cm³/mol. The highest BCUT2D eigenvalue weighted by Crippen LogP contribution is 2.75. The maximum atomic E-state index is 14.2. The van der Waals surface area contributed by atoms with Crippen LogP contribution in [0, 0.1) is 61.6 Å². The van der Waals surface area contributed by atoms with E-state index in [1.165, 1.54) is 22.3 Å². The molecule has 12 unspecified atom stereocenters. The first kappa shape index (κ1) is 38.2. The lowest BCUT2D eigenvalue weighted by atomic mass is 9.33. The van der Waals surface area contributed by atoms with E-state index in [2.05, 4.69) is 60.6 Å². The average Bonchev–Trinajstić information content (AvgIpc) is 3.42. The van der Waals surface area contributed by atoms with Gasteiger partial charge < -0.3 is 15.3 Å². The second-order valence-corrected chi connectivity index (χ2v) is 21.7. The number of carbonyl (C=O) groups is 3. The van der Waals surface area contributed by atoms with Gasteiger partial charge in [0.2, 0.25) is 0 Å². The van der Waals surface area contributed by atoms with E-state index in [0.29, 0.717) is 35.7 Å². The molecule has 6 heteroatoms. The van der Waals surface area contributed by atoms with Crippen molar-refractivity contribution in [3.63, 3.8) is 0 Å². The van der Waals surface area contributed by atoms with Crippen molar-refractivity contribution in [1.29, 1.82) is 0 Å². The molecule has 12 atom stereocenters. The Kier molecular flexibility index (Phi) is 8.58. The largest absolute Gasteiger partial charge is 0.508 e. The molecule has 0 heterocycles. The summed E-state index contributed by atoms with van der Waals surface area (Å²) in [7, 11) is 0. The molecule has 6 saturated carbocycles. The summed E-state index contributed by atoms with van der Waals surface area (Å²) < 4.78 is 0. The third kappa shape index (κ3) is 5.08. The quantitative estimate of drug-likeness (QED) is 0.247. The maximum absolute atomic E-state index is 14.2. The van der Waals surface area contributed by atoms with Crippen molar-refractivity contribution in [2.45, 2.75) is 157 Å². The Morgan fingerprint density at radius 3 is 2.26 bits per heavy atom. The summed E-state index contributed by atoms with van der Waals surface area (Å²) in [6.07, 6.45) is 17.1. The Morgan fingerprint density at radius 2 is 1.54 bits per heavy atom. The van der Waals surface area contributed by atoms with Gasteiger partial charge in [-0.05, 0) is 165 Å². The number of phenols is 1. The number of aliphatic hydroxyl groups is 1. The molecule has 3 N–H and O–H groups in total. The number of benzene rings is 1. The van der Waals surface area contributed by atoms with E-state index in [9.17, 15) is 29.7 Å². The fourth-order valence-electron chi connectivity index (χ4n) is 15.1. The van der Waals surface area contributed by atoms with Crippen molar-refractivity contribution in [2.24, 2.45) is 61.6 Å². The zero-order valence-corrected chi connectivity index (χ0v) is 34.3. The Bertz CT molecular complexity index is 1850. The van der Waals surface area contributed by atoms with E-state index in [4.69, 9.17) is 0 Å². The topological polar surface area (TPSA) is 112 Å². The number of aliphatic carboxylic acids is 1. The smallest absolute Gasteiger partial charge is 0.309 e. The Morgan fingerprint density at radius 1 is 0.815 bits per heavy atom. The molecule has 0 radical (unpaired) electrons. The van der Waals surface area contributed by atoms with Crippen molar-refractivity contribution in [3.8, 4) is 5.75 Å². The van der Waals surface area contributed by atoms with Crippen molar-refractivity contribution >= 4 is 17.5 Å². The van der Waals surface area contributed by atoms with Crippen LogP contribution in [0.3, 0.4) is 0 Å². The van der Waals surface area contributed by atoms with Crippen LogP contribution in [0.4, 0.5) is 0 Å². The predicted octanol–water partition coefficient (Wildman–Crippen LogP) is 10.2. The molecule has 8 aliphatic rings. The fourth-order valence-corrected chi connectivity index (χ4v) is 15.1. The molecule has 8 aliphatic carbocycles. The van der Waals surface area contributed by atoms with Gasteiger partial charge in [-0.25, -0.2) is 0 Å². The molecule has 0 spiro atoms. The van der Waals surface area contributed by atoms with Crippen LogP contribution in [0.25, 0.3) is 0 Å². The molecule has 6 fully saturated rings. The van der Waals surface area contributed by atoms with Crippen molar-refractivity contribution in [3.05, 3.63) is 52.6 Å². The zero-order valence-electron chi connectivity index (χ0n) is 34.3. The highest BCUT2D eigenvalue weighted by atomic mass is 16.4. The van der Waals surface area contributed by atoms with Crippen molar-refractivity contribution in [1.82, 2.24) is 0 Å². The highest BCUT2D eigenvalue weighted by molar-refractivity contribution is 5.95. The van der Waals surface area contributed by atoms with E-state index < -0.39 is 11.4 Å². The number of Topliss-reactive ketones (excluding diaryl/α,β-unsaturated/α-hetero) is 1. The minimum Gasteiger partial charge on any atom is -0.508 e. The lowest BCUT2D eigenvalue weighted by Crippen LogP contribution is -2.66. The van der Waals surface area contributed by atoms with E-state index in [-0.39, 0.29) is 56.2 Å². The SMILES string of the molecule is CC1(C(=O)O)CCC2(C)CCC3(C)C(=CC(=O)C4C5(C)CCC(O)C(C)(C)C5CCC43C)C2C1.CC12CCC3C(=CCc4cc(O)ccc43)C1CCC2=O. The summed E-state index contributed by atoms with van der Waals surface area (Å²) in [5, 5.41) is 30.6. The molecule has 0 bridgehead atoms. The van der Waals surface area contributed by atoms with Crippen LogP contribution in [-0.2, 0) is 20.8 Å². The second kappa shape index (κ2) is 12.1. The summed E-state index contributed by atoms with van der Waals surface area (Å²) in [4.78, 5) is 38.7. The van der Waals surface area contributed by atoms with Crippen LogP contribution < -0.4 is 0 Å². The van der Waals surface area contributed by atoms with Crippen LogP contribution >= 0.6 is 0 Å². The van der Waals surface area contributed by atoms with Gasteiger partial charge in [-0.1, -0.05) is 71.8 Å². The number of allylic oxidation sites excluding steroid dienone is 4. The number of phenolic OH excluding ortho intramolecular Hbond substituents is 1. The van der Waals surface area contributed by atoms with Crippen LogP contribution in [0.15, 0.2) is 41.5 Å². The summed E-state index contributed by atoms with van der Waals surface area (Å²) in [6.45, 7) is 18.0. The monoisotopic (exact) mass is 738 g/mol. The van der Waals surface area contributed by atoms with Gasteiger partial charge in [0.15, 0.2) is 5.78 Å². The van der Waals surface area contributed by atoms with Crippen molar-refractivity contribution in [2.75, 3.05) is 0 Å². The summed E-state index contributed by atoms with van der Waals surface area (Å²) in [5.74, 6) is 1.82. The van der Waals surface area contributed by atoms with E-state index in [0.717, 1.165) is 83.5 Å². The number of rotatable bonds is 1. The molecule has 0 aliphatic heterocycles. The summed E-state index contributed by atoms with van der Waals surface area (Å²) in [6, 6.07) is 5.79. The van der Waals surface area contributed by atoms with E-state index >= 15 is 0 Å². The summed E-state index contributed by atoms with van der Waals surface area (Å²) in [5.41, 5.74) is 4.18. The van der Waals surface area contributed by atoms with Gasteiger partial charge in [0.25, 0.3) is 0 Å². The summed E-state index contributed by atoms with van der Waals surface area (Å²) >= 11 is 0. The number of hydrogen-bond acceptors (Lipinski definition) is 5. The van der Waals surface area contributed by atoms with Gasteiger partial charge >= 0.3 is 5.97 Å². The first-order valence-electron chi connectivity index (χ1n) is 21.4. The lowest BCUT2D eigenvalue weighted by Gasteiger charge is -2.70. The number of carbonyl (C=O) groups excluding carboxylic acids is 2. The molecule has 0 aromatic heterocycles. The number of fused-ring (bicyclic) bond motifs is 12. The van der Waals surface area contributed by atoms with Crippen LogP contribution in [0.5, 0.6) is 5.75 Å². The molecule has 0 saturated heterocycles. The molecule has 0 amide bonds. The minimum atomic E-state index is -0.711. The zero-order chi connectivity index (χ0) is 39.0.